The highest BCUT2D eigenvalue weighted by Crippen LogP contribution is 2.16. The molecule has 0 aromatic heterocycles. The van der Waals surface area contributed by atoms with Gasteiger partial charge in [0.25, 0.3) is 5.91 Å². The number of sulfone groups is 1. The molecular formula is C14H18N2O5S. The molecule has 0 aliphatic rings. The summed E-state index contributed by atoms with van der Waals surface area (Å²) in [6.45, 7) is 3.37. The molecule has 1 aromatic rings. The Morgan fingerprint density at radius 3 is 2.55 bits per heavy atom. The maximum absolute atomic E-state index is 12.1. The third-order valence-electron chi connectivity index (χ3n) is 2.75. The first-order valence-corrected chi connectivity index (χ1v) is 8.08. The summed E-state index contributed by atoms with van der Waals surface area (Å²) in [5.41, 5.74) is 1.45. The van der Waals surface area contributed by atoms with Crippen molar-refractivity contribution in [2.45, 2.75) is 24.8 Å². The number of hydrogen-bond donors (Lipinski definition) is 3. The van der Waals surface area contributed by atoms with E-state index in [0.717, 1.165) is 0 Å². The van der Waals surface area contributed by atoms with Crippen LogP contribution in [0.5, 0.6) is 5.75 Å². The summed E-state index contributed by atoms with van der Waals surface area (Å²) < 4.78 is 29.5. The maximum atomic E-state index is 12.1. The Morgan fingerprint density at radius 2 is 2.00 bits per heavy atom. The molecule has 0 unspecified atom stereocenters. The Balaban J connectivity index is 2.68. The van der Waals surface area contributed by atoms with Crippen molar-refractivity contribution in [3.05, 3.63) is 24.3 Å². The van der Waals surface area contributed by atoms with Crippen LogP contribution < -0.4 is 15.5 Å². The Bertz CT molecular complexity index is 659. The predicted octanol–water partition coefficient (Wildman–Crippen LogP) is 0.303. The molecule has 0 bridgehead atoms. The van der Waals surface area contributed by atoms with E-state index in [1.807, 2.05) is 0 Å². The van der Waals surface area contributed by atoms with Gasteiger partial charge in [-0.15, -0.1) is 5.92 Å². The van der Waals surface area contributed by atoms with Gasteiger partial charge in [0.15, 0.2) is 9.84 Å². The van der Waals surface area contributed by atoms with E-state index < -0.39 is 27.7 Å². The van der Waals surface area contributed by atoms with Crippen LogP contribution >= 0.6 is 0 Å². The van der Waals surface area contributed by atoms with Gasteiger partial charge in [-0.25, -0.2) is 13.9 Å². The van der Waals surface area contributed by atoms with Gasteiger partial charge in [0, 0.05) is 0 Å². The van der Waals surface area contributed by atoms with Gasteiger partial charge < -0.3 is 4.74 Å². The fourth-order valence-corrected chi connectivity index (χ4v) is 2.63. The van der Waals surface area contributed by atoms with Crippen molar-refractivity contribution in [3.63, 3.8) is 0 Å². The predicted molar refractivity (Wildman–Crippen MR) is 80.0 cm³/mol. The topological polar surface area (TPSA) is 105 Å². The minimum atomic E-state index is -3.60. The van der Waals surface area contributed by atoms with E-state index in [-0.39, 0.29) is 11.5 Å². The monoisotopic (exact) mass is 326 g/mol. The van der Waals surface area contributed by atoms with Gasteiger partial charge >= 0.3 is 0 Å². The van der Waals surface area contributed by atoms with Crippen molar-refractivity contribution in [1.29, 1.82) is 0 Å². The average molecular weight is 326 g/mol. The molecule has 1 rings (SSSR count). The van der Waals surface area contributed by atoms with E-state index in [1.54, 1.807) is 6.92 Å². The van der Waals surface area contributed by atoms with Crippen LogP contribution in [0.15, 0.2) is 29.2 Å². The van der Waals surface area contributed by atoms with E-state index in [0.29, 0.717) is 5.75 Å². The molecule has 0 radical (unpaired) electrons. The van der Waals surface area contributed by atoms with Crippen LogP contribution in [0.4, 0.5) is 0 Å². The molecule has 1 aromatic carbocycles. The minimum absolute atomic E-state index is 0.102. The summed E-state index contributed by atoms with van der Waals surface area (Å²) >= 11 is 0. The van der Waals surface area contributed by atoms with Crippen molar-refractivity contribution in [1.82, 2.24) is 10.8 Å². The molecule has 1 atom stereocenters. The molecule has 0 spiro atoms. The lowest BCUT2D eigenvalue weighted by atomic mass is 10.3. The number of rotatable bonds is 7. The minimum Gasteiger partial charge on any atom is -0.481 e. The highest BCUT2D eigenvalue weighted by molar-refractivity contribution is 7.91. The van der Waals surface area contributed by atoms with Crippen molar-refractivity contribution in [2.24, 2.45) is 0 Å². The Kier molecular flexibility index (Phi) is 6.85. The number of hydrogen-bond acceptors (Lipinski definition) is 6. The normalized spacial score (nSPS) is 12.0. The lowest BCUT2D eigenvalue weighted by molar-refractivity contribution is -0.130. The largest absolute Gasteiger partial charge is 0.481 e. The second kappa shape index (κ2) is 8.38. The zero-order valence-electron chi connectivity index (χ0n) is 12.3. The lowest BCUT2D eigenvalue weighted by Crippen LogP contribution is -2.42. The van der Waals surface area contributed by atoms with E-state index in [1.165, 1.54) is 36.7 Å². The van der Waals surface area contributed by atoms with Gasteiger partial charge in [-0.05, 0) is 38.1 Å². The van der Waals surface area contributed by atoms with Crippen LogP contribution in [0.1, 0.15) is 13.8 Å². The van der Waals surface area contributed by atoms with Crippen LogP contribution in [0, 0.1) is 11.8 Å². The summed E-state index contributed by atoms with van der Waals surface area (Å²) in [5, 5.41) is 11.0. The number of ether oxygens (including phenoxy) is 1. The molecule has 0 aliphatic carbocycles. The third-order valence-corrected chi connectivity index (χ3v) is 4.29. The molecule has 0 heterocycles. The van der Waals surface area contributed by atoms with Crippen LogP contribution in [0.3, 0.4) is 0 Å². The van der Waals surface area contributed by atoms with Gasteiger partial charge in [-0.1, -0.05) is 5.92 Å². The second-order valence-electron chi connectivity index (χ2n) is 4.35. The van der Waals surface area contributed by atoms with Gasteiger partial charge in [-0.2, -0.15) is 0 Å². The zero-order chi connectivity index (χ0) is 16.6. The van der Waals surface area contributed by atoms with Crippen LogP contribution in [0.2, 0.25) is 0 Å². The SMILES string of the molecule is CC#CCOc1ccc(S(=O)(=O)CN[C@@H](C)C(=O)NO)cc1. The van der Waals surface area contributed by atoms with Crippen molar-refractivity contribution in [3.8, 4) is 17.6 Å². The smallest absolute Gasteiger partial charge is 0.260 e. The summed E-state index contributed by atoms with van der Waals surface area (Å²) in [6, 6.07) is 5.07. The van der Waals surface area contributed by atoms with Gasteiger partial charge in [0.05, 0.1) is 10.9 Å². The highest BCUT2D eigenvalue weighted by Gasteiger charge is 2.18. The Labute approximate surface area is 129 Å². The first-order valence-electron chi connectivity index (χ1n) is 6.43. The average Bonchev–Trinajstić information content (AvgIpc) is 2.52. The second-order valence-corrected chi connectivity index (χ2v) is 6.34. The number of carbonyl (C=O) groups is 1. The highest BCUT2D eigenvalue weighted by atomic mass is 32.2. The van der Waals surface area contributed by atoms with Crippen molar-refractivity contribution >= 4 is 15.7 Å². The van der Waals surface area contributed by atoms with Crippen molar-refractivity contribution in [2.75, 3.05) is 12.5 Å². The van der Waals surface area contributed by atoms with E-state index in [9.17, 15) is 13.2 Å². The van der Waals surface area contributed by atoms with E-state index >= 15 is 0 Å². The number of benzene rings is 1. The first-order chi connectivity index (χ1) is 10.4. The number of hydroxylamine groups is 1. The summed E-state index contributed by atoms with van der Waals surface area (Å²) in [5.74, 6) is 4.79. The molecule has 1 amide bonds. The molecule has 7 nitrogen and oxygen atoms in total. The fraction of sp³-hybridized carbons (Fsp3) is 0.357. The quantitative estimate of drug-likeness (QED) is 0.378. The molecule has 0 fully saturated rings. The molecule has 120 valence electrons. The number of carbonyl (C=O) groups excluding carboxylic acids is 1. The molecule has 0 saturated carbocycles. The van der Waals surface area contributed by atoms with Crippen LogP contribution in [0.25, 0.3) is 0 Å². The standard InChI is InChI=1S/C14H18N2O5S/c1-3-4-9-21-12-5-7-13(8-6-12)22(19,20)10-15-11(2)14(17)16-18/h5-8,11,15,18H,9-10H2,1-2H3,(H,16,17)/t11-/m0/s1. The van der Waals surface area contributed by atoms with Gasteiger partial charge in [0.2, 0.25) is 0 Å². The first kappa shape index (κ1) is 18.0. The molecule has 0 aliphatic heterocycles. The fourth-order valence-electron chi connectivity index (χ4n) is 1.44. The Hall–Kier alpha value is -2.08. The summed E-state index contributed by atoms with van der Waals surface area (Å²) in [7, 11) is -3.60. The van der Waals surface area contributed by atoms with Gasteiger partial charge in [0.1, 0.15) is 18.2 Å². The molecule has 3 N–H and O–H groups in total. The van der Waals surface area contributed by atoms with E-state index in [2.05, 4.69) is 17.2 Å². The summed E-state index contributed by atoms with van der Waals surface area (Å²) in [6.07, 6.45) is 0. The lowest BCUT2D eigenvalue weighted by Gasteiger charge is -2.12. The molecular weight excluding hydrogens is 308 g/mol. The van der Waals surface area contributed by atoms with E-state index in [4.69, 9.17) is 9.94 Å². The third kappa shape index (κ3) is 5.37. The molecule has 0 saturated heterocycles. The maximum Gasteiger partial charge on any atom is 0.260 e. The van der Waals surface area contributed by atoms with Crippen LogP contribution in [-0.2, 0) is 14.6 Å². The zero-order valence-corrected chi connectivity index (χ0v) is 13.1. The van der Waals surface area contributed by atoms with Gasteiger partial charge in [-0.3, -0.25) is 15.3 Å². The Morgan fingerprint density at radius 1 is 1.36 bits per heavy atom. The molecule has 22 heavy (non-hydrogen) atoms. The van der Waals surface area contributed by atoms with Crippen molar-refractivity contribution < 1.29 is 23.2 Å². The number of nitrogens with one attached hydrogen (secondary N) is 2. The number of amides is 1. The summed E-state index contributed by atoms with van der Waals surface area (Å²) in [4.78, 5) is 11.2. The van der Waals surface area contributed by atoms with Crippen LogP contribution in [-0.4, -0.2) is 38.1 Å². The molecule has 8 heteroatoms.